The SMILES string of the molecule is CCC1N(c2c(C)ccc3c2oc2ccccc23)c2cccnc2N1C(C)C. The van der Waals surface area contributed by atoms with Crippen LogP contribution in [0.4, 0.5) is 17.2 Å². The Kier molecular flexibility index (Phi) is 3.83. The zero-order valence-corrected chi connectivity index (χ0v) is 16.8. The van der Waals surface area contributed by atoms with Gasteiger partial charge in [0.05, 0.1) is 11.4 Å². The minimum atomic E-state index is 0.211. The summed E-state index contributed by atoms with van der Waals surface area (Å²) in [5, 5.41) is 2.33. The number of hydrogen-bond donors (Lipinski definition) is 0. The highest BCUT2D eigenvalue weighted by Crippen LogP contribution is 2.48. The van der Waals surface area contributed by atoms with Crippen molar-refractivity contribution in [1.29, 1.82) is 0 Å². The summed E-state index contributed by atoms with van der Waals surface area (Å²) in [6.45, 7) is 8.88. The molecule has 4 heteroatoms. The van der Waals surface area contributed by atoms with Crippen molar-refractivity contribution < 1.29 is 4.42 Å². The third kappa shape index (κ3) is 2.27. The van der Waals surface area contributed by atoms with Gasteiger partial charge in [-0.3, -0.25) is 0 Å². The molecule has 0 fully saturated rings. The predicted molar refractivity (Wildman–Crippen MR) is 117 cm³/mol. The quantitative estimate of drug-likeness (QED) is 0.417. The average molecular weight is 371 g/mol. The smallest absolute Gasteiger partial charge is 0.159 e. The van der Waals surface area contributed by atoms with Crippen molar-refractivity contribution in [2.45, 2.75) is 46.3 Å². The van der Waals surface area contributed by atoms with E-state index in [2.05, 4.69) is 67.8 Å². The molecule has 1 aliphatic heterocycles. The van der Waals surface area contributed by atoms with E-state index in [-0.39, 0.29) is 6.17 Å². The molecule has 3 heterocycles. The van der Waals surface area contributed by atoms with Gasteiger partial charge < -0.3 is 14.2 Å². The highest BCUT2D eigenvalue weighted by atomic mass is 16.3. The highest BCUT2D eigenvalue weighted by Gasteiger charge is 2.39. The summed E-state index contributed by atoms with van der Waals surface area (Å²) in [5.74, 6) is 1.05. The second kappa shape index (κ2) is 6.26. The lowest BCUT2D eigenvalue weighted by molar-refractivity contribution is 0.552. The first kappa shape index (κ1) is 17.1. The Bertz CT molecular complexity index is 1180. The van der Waals surface area contributed by atoms with Gasteiger partial charge in [0.2, 0.25) is 0 Å². The minimum Gasteiger partial charge on any atom is -0.454 e. The third-order valence-electron chi connectivity index (χ3n) is 5.77. The number of fused-ring (bicyclic) bond motifs is 4. The molecule has 5 rings (SSSR count). The van der Waals surface area contributed by atoms with Crippen LogP contribution in [0.5, 0.6) is 0 Å². The molecule has 0 aliphatic carbocycles. The lowest BCUT2D eigenvalue weighted by Gasteiger charge is -2.35. The van der Waals surface area contributed by atoms with Gasteiger partial charge in [0.25, 0.3) is 0 Å². The number of pyridine rings is 1. The van der Waals surface area contributed by atoms with E-state index < -0.39 is 0 Å². The first-order valence-corrected chi connectivity index (χ1v) is 10.0. The van der Waals surface area contributed by atoms with Gasteiger partial charge in [-0.1, -0.05) is 37.3 Å². The molecule has 1 aliphatic rings. The predicted octanol–water partition coefficient (Wildman–Crippen LogP) is 6.39. The Morgan fingerprint density at radius 3 is 2.64 bits per heavy atom. The van der Waals surface area contributed by atoms with Gasteiger partial charge in [-0.2, -0.15) is 0 Å². The van der Waals surface area contributed by atoms with Crippen LogP contribution in [-0.4, -0.2) is 17.2 Å². The molecule has 4 nitrogen and oxygen atoms in total. The van der Waals surface area contributed by atoms with Gasteiger partial charge in [-0.05, 0) is 51.0 Å². The van der Waals surface area contributed by atoms with Gasteiger partial charge in [0, 0.05) is 23.0 Å². The van der Waals surface area contributed by atoms with Crippen molar-refractivity contribution in [1.82, 2.24) is 4.98 Å². The van der Waals surface area contributed by atoms with Crippen LogP contribution in [0, 0.1) is 6.92 Å². The van der Waals surface area contributed by atoms with Crippen LogP contribution >= 0.6 is 0 Å². The van der Waals surface area contributed by atoms with E-state index in [0.717, 1.165) is 40.2 Å². The Labute approximate surface area is 165 Å². The lowest BCUT2D eigenvalue weighted by Crippen LogP contribution is -2.44. The largest absolute Gasteiger partial charge is 0.454 e. The molecule has 0 saturated heterocycles. The molecule has 0 radical (unpaired) electrons. The Hall–Kier alpha value is -3.01. The number of nitrogens with zero attached hydrogens (tertiary/aromatic N) is 3. The molecular weight excluding hydrogens is 346 g/mol. The normalized spacial score (nSPS) is 16.5. The van der Waals surface area contributed by atoms with Crippen LogP contribution in [0.2, 0.25) is 0 Å². The van der Waals surface area contributed by atoms with Gasteiger partial charge in [-0.25, -0.2) is 4.98 Å². The molecule has 0 saturated carbocycles. The van der Waals surface area contributed by atoms with Crippen LogP contribution in [-0.2, 0) is 0 Å². The Morgan fingerprint density at radius 1 is 1.04 bits per heavy atom. The van der Waals surface area contributed by atoms with Gasteiger partial charge in [0.15, 0.2) is 11.4 Å². The fourth-order valence-electron chi connectivity index (χ4n) is 4.61. The molecular formula is C24H25N3O. The molecule has 1 atom stereocenters. The maximum absolute atomic E-state index is 6.40. The molecule has 0 amide bonds. The molecule has 0 bridgehead atoms. The summed E-state index contributed by atoms with van der Waals surface area (Å²) in [6, 6.07) is 17.2. The first-order chi connectivity index (χ1) is 13.6. The molecule has 4 aromatic rings. The van der Waals surface area contributed by atoms with Gasteiger partial charge in [0.1, 0.15) is 11.7 Å². The number of benzene rings is 2. The van der Waals surface area contributed by atoms with Crippen molar-refractivity contribution >= 4 is 39.1 Å². The van der Waals surface area contributed by atoms with E-state index in [9.17, 15) is 0 Å². The maximum Gasteiger partial charge on any atom is 0.159 e. The number of hydrogen-bond acceptors (Lipinski definition) is 4. The summed E-state index contributed by atoms with van der Waals surface area (Å²) >= 11 is 0. The van der Waals surface area contributed by atoms with E-state index in [1.165, 1.54) is 10.9 Å². The van der Waals surface area contributed by atoms with Crippen LogP contribution < -0.4 is 9.80 Å². The second-order valence-corrected chi connectivity index (χ2v) is 7.81. The van der Waals surface area contributed by atoms with E-state index in [1.807, 2.05) is 24.4 Å². The van der Waals surface area contributed by atoms with Crippen LogP contribution in [0.25, 0.3) is 21.9 Å². The van der Waals surface area contributed by atoms with E-state index in [4.69, 9.17) is 9.40 Å². The minimum absolute atomic E-state index is 0.211. The fourth-order valence-corrected chi connectivity index (χ4v) is 4.61. The summed E-state index contributed by atoms with van der Waals surface area (Å²) in [5.41, 5.74) is 5.41. The summed E-state index contributed by atoms with van der Waals surface area (Å²) in [4.78, 5) is 9.60. The van der Waals surface area contributed by atoms with Crippen molar-refractivity contribution in [2.24, 2.45) is 0 Å². The molecule has 142 valence electrons. The zero-order valence-electron chi connectivity index (χ0n) is 16.8. The molecule has 28 heavy (non-hydrogen) atoms. The number of anilines is 3. The van der Waals surface area contributed by atoms with Gasteiger partial charge >= 0.3 is 0 Å². The molecule has 0 N–H and O–H groups in total. The molecule has 0 spiro atoms. The van der Waals surface area contributed by atoms with Crippen molar-refractivity contribution in [3.63, 3.8) is 0 Å². The monoisotopic (exact) mass is 371 g/mol. The standard InChI is InChI=1S/C24H25N3O/c1-5-21-26(15(2)3)24-19(10-8-14-25-24)27(21)22-16(4)12-13-18-17-9-6-7-11-20(17)28-23(18)22/h6-15,21H,5H2,1-4H3. The number of para-hydroxylation sites is 1. The number of furan rings is 1. The van der Waals surface area contributed by atoms with E-state index in [0.29, 0.717) is 6.04 Å². The van der Waals surface area contributed by atoms with Gasteiger partial charge in [-0.15, -0.1) is 0 Å². The molecule has 2 aromatic heterocycles. The maximum atomic E-state index is 6.40. The Balaban J connectivity index is 1.83. The van der Waals surface area contributed by atoms with Crippen molar-refractivity contribution in [3.05, 3.63) is 60.3 Å². The average Bonchev–Trinajstić information content (AvgIpc) is 3.23. The van der Waals surface area contributed by atoms with Crippen molar-refractivity contribution in [3.8, 4) is 0 Å². The number of rotatable bonds is 3. The van der Waals surface area contributed by atoms with E-state index in [1.54, 1.807) is 0 Å². The van der Waals surface area contributed by atoms with Crippen LogP contribution in [0.15, 0.2) is 59.1 Å². The topological polar surface area (TPSA) is 32.5 Å². The molecule has 1 unspecified atom stereocenters. The lowest BCUT2D eigenvalue weighted by atomic mass is 10.1. The summed E-state index contributed by atoms with van der Waals surface area (Å²) in [6.07, 6.45) is 3.09. The first-order valence-electron chi connectivity index (χ1n) is 10.0. The Morgan fingerprint density at radius 2 is 1.86 bits per heavy atom. The number of aromatic nitrogens is 1. The second-order valence-electron chi connectivity index (χ2n) is 7.81. The highest BCUT2D eigenvalue weighted by molar-refractivity contribution is 6.10. The van der Waals surface area contributed by atoms with Crippen LogP contribution in [0.3, 0.4) is 0 Å². The molecule has 2 aromatic carbocycles. The van der Waals surface area contributed by atoms with Crippen molar-refractivity contribution in [2.75, 3.05) is 9.80 Å². The van der Waals surface area contributed by atoms with Crippen LogP contribution in [0.1, 0.15) is 32.8 Å². The number of aryl methyl sites for hydroxylation is 1. The third-order valence-corrected chi connectivity index (χ3v) is 5.77. The summed E-state index contributed by atoms with van der Waals surface area (Å²) in [7, 11) is 0. The summed E-state index contributed by atoms with van der Waals surface area (Å²) < 4.78 is 6.40. The zero-order chi connectivity index (χ0) is 19.4. The fraction of sp³-hybridized carbons (Fsp3) is 0.292. The van der Waals surface area contributed by atoms with E-state index >= 15 is 0 Å².